The molecule has 9 heteroatoms. The number of aromatic nitrogens is 3. The van der Waals surface area contributed by atoms with Crippen LogP contribution in [0.5, 0.6) is 5.75 Å². The van der Waals surface area contributed by atoms with Gasteiger partial charge in [0, 0.05) is 43.4 Å². The summed E-state index contributed by atoms with van der Waals surface area (Å²) in [5.74, 6) is 1.02. The van der Waals surface area contributed by atoms with Gasteiger partial charge in [-0.05, 0) is 56.7 Å². The molecule has 1 aliphatic heterocycles. The van der Waals surface area contributed by atoms with Gasteiger partial charge in [-0.3, -0.25) is 14.4 Å². The number of carbonyl (C=O) groups is 3. The normalized spacial score (nSPS) is 16.3. The van der Waals surface area contributed by atoms with Crippen molar-refractivity contribution < 1.29 is 19.1 Å². The number of hydrogen-bond acceptors (Lipinski definition) is 6. The highest BCUT2D eigenvalue weighted by Gasteiger charge is 2.26. The summed E-state index contributed by atoms with van der Waals surface area (Å²) in [5, 5.41) is 3.08. The van der Waals surface area contributed by atoms with Gasteiger partial charge in [-0.1, -0.05) is 0 Å². The van der Waals surface area contributed by atoms with E-state index in [-0.39, 0.29) is 23.6 Å². The number of aromatic amines is 1. The Morgan fingerprint density at radius 2 is 1.89 bits per heavy atom. The number of ketones is 1. The molecule has 2 aromatic heterocycles. The molecule has 0 spiro atoms. The van der Waals surface area contributed by atoms with Crippen LogP contribution in [0.2, 0.25) is 0 Å². The second kappa shape index (κ2) is 9.48. The number of rotatable bonds is 7. The fourth-order valence-electron chi connectivity index (χ4n) is 4.47. The van der Waals surface area contributed by atoms with Crippen molar-refractivity contribution in [3.63, 3.8) is 0 Å². The molecule has 1 saturated heterocycles. The Morgan fingerprint density at radius 1 is 1.11 bits per heavy atom. The third-order valence-corrected chi connectivity index (χ3v) is 6.80. The smallest absolute Gasteiger partial charge is 0.255 e. The Morgan fingerprint density at radius 3 is 2.57 bits per heavy atom. The molecule has 0 atom stereocenters. The van der Waals surface area contributed by atoms with Crippen molar-refractivity contribution in [2.75, 3.05) is 19.7 Å². The topological polar surface area (TPSA) is 117 Å². The van der Waals surface area contributed by atoms with E-state index in [0.29, 0.717) is 77.6 Å². The van der Waals surface area contributed by atoms with Crippen LogP contribution in [0.1, 0.15) is 60.2 Å². The first-order chi connectivity index (χ1) is 16.9. The van der Waals surface area contributed by atoms with Crippen molar-refractivity contribution in [3.8, 4) is 17.0 Å². The fourth-order valence-corrected chi connectivity index (χ4v) is 4.47. The number of ether oxygens (including phenoxy) is 1. The summed E-state index contributed by atoms with van der Waals surface area (Å²) in [5.41, 5.74) is 3.39. The van der Waals surface area contributed by atoms with Crippen LogP contribution in [0.15, 0.2) is 30.7 Å². The van der Waals surface area contributed by atoms with Gasteiger partial charge in [-0.15, -0.1) is 0 Å². The van der Waals surface area contributed by atoms with Gasteiger partial charge in [-0.2, -0.15) is 0 Å². The molecule has 182 valence electrons. The minimum Gasteiger partial charge on any atom is -0.493 e. The number of hydrogen-bond donors (Lipinski definition) is 2. The summed E-state index contributed by atoms with van der Waals surface area (Å²) in [6, 6.07) is 5.36. The quantitative estimate of drug-likeness (QED) is 0.506. The number of carbonyl (C=O) groups excluding carboxylic acids is 3. The zero-order chi connectivity index (χ0) is 24.5. The molecule has 5 rings (SSSR count). The molecule has 2 fully saturated rings. The first-order valence-corrected chi connectivity index (χ1v) is 12.1. The van der Waals surface area contributed by atoms with Crippen molar-refractivity contribution in [2.45, 2.75) is 45.6 Å². The molecule has 9 nitrogen and oxygen atoms in total. The van der Waals surface area contributed by atoms with Gasteiger partial charge >= 0.3 is 0 Å². The Labute approximate surface area is 203 Å². The summed E-state index contributed by atoms with van der Waals surface area (Å²) in [4.78, 5) is 50.6. The maximum absolute atomic E-state index is 13.1. The van der Waals surface area contributed by atoms with Gasteiger partial charge in [0.25, 0.3) is 5.91 Å². The van der Waals surface area contributed by atoms with Gasteiger partial charge in [0.15, 0.2) is 5.78 Å². The van der Waals surface area contributed by atoms with Crippen LogP contribution in [0.25, 0.3) is 22.3 Å². The number of fused-ring (bicyclic) bond motifs is 1. The molecule has 0 radical (unpaired) electrons. The van der Waals surface area contributed by atoms with Crippen LogP contribution < -0.4 is 10.1 Å². The Balaban J connectivity index is 1.43. The lowest BCUT2D eigenvalue weighted by molar-refractivity contribution is -0.129. The monoisotopic (exact) mass is 475 g/mol. The number of likely N-dealkylation sites (tertiary alicyclic amines) is 1. The third kappa shape index (κ3) is 4.89. The van der Waals surface area contributed by atoms with Crippen molar-refractivity contribution in [3.05, 3.63) is 41.9 Å². The predicted molar refractivity (Wildman–Crippen MR) is 130 cm³/mol. The van der Waals surface area contributed by atoms with E-state index in [1.807, 2.05) is 6.07 Å². The Bertz CT molecular complexity index is 1290. The highest BCUT2D eigenvalue weighted by molar-refractivity contribution is 6.08. The van der Waals surface area contributed by atoms with Crippen molar-refractivity contribution in [1.29, 1.82) is 0 Å². The van der Waals surface area contributed by atoms with E-state index in [1.54, 1.807) is 30.2 Å². The number of nitrogens with zero attached hydrogens (tertiary/aromatic N) is 3. The molecule has 1 aromatic carbocycles. The second-order valence-corrected chi connectivity index (χ2v) is 9.42. The molecular weight excluding hydrogens is 446 g/mol. The number of nitrogens with one attached hydrogen (secondary N) is 2. The van der Waals surface area contributed by atoms with Gasteiger partial charge in [0.2, 0.25) is 5.91 Å². The van der Waals surface area contributed by atoms with E-state index in [1.165, 1.54) is 26.1 Å². The number of piperidine rings is 1. The molecule has 1 aliphatic carbocycles. The van der Waals surface area contributed by atoms with Gasteiger partial charge in [0.05, 0.1) is 17.7 Å². The SMILES string of the molecule is CC(=O)c1ccc(OCC2CC2)c(-c2ncnc3c(C(=O)NC4CCN(C(C)=O)CC4)c[nH]c23)c1. The van der Waals surface area contributed by atoms with Gasteiger partial charge in [-0.25, -0.2) is 9.97 Å². The summed E-state index contributed by atoms with van der Waals surface area (Å²) in [6.07, 6.45) is 6.84. The summed E-state index contributed by atoms with van der Waals surface area (Å²) in [7, 11) is 0. The van der Waals surface area contributed by atoms with Crippen LogP contribution in [0, 0.1) is 5.92 Å². The first kappa shape index (κ1) is 23.0. The van der Waals surface area contributed by atoms with E-state index in [9.17, 15) is 14.4 Å². The zero-order valence-electron chi connectivity index (χ0n) is 20.0. The van der Waals surface area contributed by atoms with E-state index in [0.717, 1.165) is 0 Å². The maximum Gasteiger partial charge on any atom is 0.255 e. The lowest BCUT2D eigenvalue weighted by Gasteiger charge is -2.31. The largest absolute Gasteiger partial charge is 0.493 e. The second-order valence-electron chi connectivity index (χ2n) is 9.42. The number of benzene rings is 1. The number of amides is 2. The number of H-pyrrole nitrogens is 1. The average molecular weight is 476 g/mol. The van der Waals surface area contributed by atoms with Gasteiger partial charge in [0.1, 0.15) is 23.3 Å². The van der Waals surface area contributed by atoms with Crippen molar-refractivity contribution in [2.24, 2.45) is 5.92 Å². The van der Waals surface area contributed by atoms with Crippen LogP contribution in [0.4, 0.5) is 0 Å². The summed E-state index contributed by atoms with van der Waals surface area (Å²) in [6.45, 7) is 4.99. The van der Waals surface area contributed by atoms with Crippen molar-refractivity contribution >= 4 is 28.6 Å². The van der Waals surface area contributed by atoms with E-state index >= 15 is 0 Å². The predicted octanol–water partition coefficient (Wildman–Crippen LogP) is 3.36. The Hall–Kier alpha value is -3.75. The van der Waals surface area contributed by atoms with Crippen LogP contribution in [-0.2, 0) is 4.79 Å². The van der Waals surface area contributed by atoms with Crippen LogP contribution in [0.3, 0.4) is 0 Å². The third-order valence-electron chi connectivity index (χ3n) is 6.80. The first-order valence-electron chi connectivity index (χ1n) is 12.1. The maximum atomic E-state index is 13.1. The lowest BCUT2D eigenvalue weighted by atomic mass is 10.0. The number of Topliss-reactive ketones (excluding diaryl/α,β-unsaturated/α-hetero) is 1. The van der Waals surface area contributed by atoms with Crippen molar-refractivity contribution in [1.82, 2.24) is 25.2 Å². The minimum absolute atomic E-state index is 0.000896. The van der Waals surface area contributed by atoms with Crippen LogP contribution >= 0.6 is 0 Å². The van der Waals surface area contributed by atoms with Crippen LogP contribution in [-0.4, -0.2) is 63.2 Å². The van der Waals surface area contributed by atoms with E-state index < -0.39 is 0 Å². The zero-order valence-corrected chi connectivity index (χ0v) is 20.0. The molecule has 0 unspecified atom stereocenters. The molecule has 1 saturated carbocycles. The molecular formula is C26H29N5O4. The molecule has 2 N–H and O–H groups in total. The van der Waals surface area contributed by atoms with Gasteiger partial charge < -0.3 is 19.9 Å². The standard InChI is InChI=1S/C26H29N5O4/c1-15(32)18-5-6-22(35-13-17-3-4-17)20(11-18)23-25-24(29-14-28-23)21(12-27-25)26(34)30-19-7-9-31(10-8-19)16(2)33/h5-6,11-12,14,17,19,27H,3-4,7-10,13H2,1-2H3,(H,30,34). The molecule has 35 heavy (non-hydrogen) atoms. The lowest BCUT2D eigenvalue weighted by Crippen LogP contribution is -2.45. The van der Waals surface area contributed by atoms with E-state index in [4.69, 9.17) is 4.74 Å². The Kier molecular flexibility index (Phi) is 6.23. The molecule has 3 aromatic rings. The highest BCUT2D eigenvalue weighted by atomic mass is 16.5. The fraction of sp³-hybridized carbons (Fsp3) is 0.423. The molecule has 0 bridgehead atoms. The average Bonchev–Trinajstić information content (AvgIpc) is 3.58. The molecule has 3 heterocycles. The summed E-state index contributed by atoms with van der Waals surface area (Å²) >= 11 is 0. The summed E-state index contributed by atoms with van der Waals surface area (Å²) < 4.78 is 6.09. The molecule has 2 amide bonds. The minimum atomic E-state index is -0.218. The van der Waals surface area contributed by atoms with E-state index in [2.05, 4.69) is 20.3 Å². The molecule has 2 aliphatic rings. The highest BCUT2D eigenvalue weighted by Crippen LogP contribution is 2.36.